The summed E-state index contributed by atoms with van der Waals surface area (Å²) in [4.78, 5) is 34.8. The molecule has 3 atom stereocenters. The molecule has 0 N–H and O–H groups in total. The lowest BCUT2D eigenvalue weighted by molar-refractivity contribution is -0.126. The van der Waals surface area contributed by atoms with Crippen molar-refractivity contribution in [1.82, 2.24) is 0 Å². The van der Waals surface area contributed by atoms with Gasteiger partial charge in [-0.25, -0.2) is 9.96 Å². The van der Waals surface area contributed by atoms with Crippen molar-refractivity contribution >= 4 is 23.2 Å². The molecule has 2 saturated heterocycles. The Labute approximate surface area is 208 Å². The van der Waals surface area contributed by atoms with Gasteiger partial charge in [-0.1, -0.05) is 18.2 Å². The molecule has 0 aliphatic carbocycles. The highest BCUT2D eigenvalue weighted by Crippen LogP contribution is 2.51. The fourth-order valence-electron chi connectivity index (χ4n) is 4.80. The van der Waals surface area contributed by atoms with E-state index in [1.165, 1.54) is 26.2 Å². The van der Waals surface area contributed by atoms with E-state index >= 15 is 0 Å². The zero-order valence-corrected chi connectivity index (χ0v) is 20.3. The smallest absolute Gasteiger partial charge is 0.266 e. The van der Waals surface area contributed by atoms with Gasteiger partial charge in [-0.05, 0) is 42.5 Å². The molecule has 0 bridgehead atoms. The van der Waals surface area contributed by atoms with Gasteiger partial charge in [0, 0.05) is 11.6 Å². The molecule has 3 aromatic carbocycles. The van der Waals surface area contributed by atoms with Crippen molar-refractivity contribution in [1.29, 1.82) is 0 Å². The van der Waals surface area contributed by atoms with Crippen LogP contribution in [0.15, 0.2) is 66.7 Å². The Hall–Kier alpha value is -4.24. The van der Waals surface area contributed by atoms with Crippen LogP contribution in [0.4, 0.5) is 11.4 Å². The summed E-state index contributed by atoms with van der Waals surface area (Å²) in [5, 5.41) is 1.61. The number of ether oxygens (including phenoxy) is 4. The number of amides is 2. The lowest BCUT2D eigenvalue weighted by Gasteiger charge is -2.30. The Kier molecular flexibility index (Phi) is 6.15. The van der Waals surface area contributed by atoms with E-state index in [4.69, 9.17) is 23.8 Å². The lowest BCUT2D eigenvalue weighted by atomic mass is 9.89. The van der Waals surface area contributed by atoms with Gasteiger partial charge in [-0.2, -0.15) is 0 Å². The molecule has 0 spiro atoms. The maximum atomic E-state index is 13.9. The van der Waals surface area contributed by atoms with Crippen LogP contribution in [-0.2, 0) is 14.4 Å². The molecular formula is C27H26N2O7. The Morgan fingerprint density at radius 2 is 1.33 bits per heavy atom. The monoisotopic (exact) mass is 490 g/mol. The SMILES string of the molecule is COc1ccc(N2C(=O)[C@H]3[C@H](ON(c4ccccc4)[C@@H]3c3cc(OC)c(OC)cc3OC)C2=O)cc1. The Morgan fingerprint density at radius 3 is 1.94 bits per heavy atom. The van der Waals surface area contributed by atoms with Crippen LogP contribution in [0.25, 0.3) is 0 Å². The number of hydroxylamine groups is 1. The highest BCUT2D eigenvalue weighted by Gasteiger charge is 2.61. The molecule has 9 nitrogen and oxygen atoms in total. The molecule has 0 unspecified atom stereocenters. The third-order valence-corrected chi connectivity index (χ3v) is 6.51. The number of imide groups is 1. The topological polar surface area (TPSA) is 86.8 Å². The molecule has 2 aliphatic rings. The zero-order chi connectivity index (χ0) is 25.4. The van der Waals surface area contributed by atoms with Crippen LogP contribution in [0, 0.1) is 5.92 Å². The van der Waals surface area contributed by atoms with E-state index in [2.05, 4.69) is 0 Å². The van der Waals surface area contributed by atoms with Crippen LogP contribution >= 0.6 is 0 Å². The second-order valence-corrected chi connectivity index (χ2v) is 8.32. The summed E-state index contributed by atoms with van der Waals surface area (Å²) >= 11 is 0. The fourth-order valence-corrected chi connectivity index (χ4v) is 4.80. The summed E-state index contributed by atoms with van der Waals surface area (Å²) in [6.07, 6.45) is -1.01. The average molecular weight is 491 g/mol. The summed E-state index contributed by atoms with van der Waals surface area (Å²) in [6.45, 7) is 0. The molecule has 3 aromatic rings. The Morgan fingerprint density at radius 1 is 0.694 bits per heavy atom. The highest BCUT2D eigenvalue weighted by atomic mass is 16.7. The molecule has 2 aliphatic heterocycles. The molecule has 36 heavy (non-hydrogen) atoms. The van der Waals surface area contributed by atoms with Crippen LogP contribution in [0.2, 0.25) is 0 Å². The minimum atomic E-state index is -1.01. The third-order valence-electron chi connectivity index (χ3n) is 6.51. The second kappa shape index (κ2) is 9.43. The number of carbonyl (C=O) groups is 2. The summed E-state index contributed by atoms with van der Waals surface area (Å²) in [6, 6.07) is 18.9. The number of benzene rings is 3. The van der Waals surface area contributed by atoms with E-state index in [1.54, 1.807) is 48.6 Å². The Bertz CT molecular complexity index is 1280. The molecular weight excluding hydrogens is 464 g/mol. The number of anilines is 2. The maximum absolute atomic E-state index is 13.9. The average Bonchev–Trinajstić information content (AvgIpc) is 3.43. The molecule has 5 rings (SSSR count). The van der Waals surface area contributed by atoms with E-state index in [9.17, 15) is 9.59 Å². The van der Waals surface area contributed by atoms with Crippen molar-refractivity contribution < 1.29 is 33.4 Å². The number of carbonyl (C=O) groups excluding carboxylic acids is 2. The molecule has 0 radical (unpaired) electrons. The first-order valence-electron chi connectivity index (χ1n) is 11.3. The summed E-state index contributed by atoms with van der Waals surface area (Å²) in [5.41, 5.74) is 1.78. The molecule has 0 saturated carbocycles. The number of para-hydroxylation sites is 1. The maximum Gasteiger partial charge on any atom is 0.266 e. The highest BCUT2D eigenvalue weighted by molar-refractivity contribution is 6.24. The predicted molar refractivity (Wildman–Crippen MR) is 132 cm³/mol. The van der Waals surface area contributed by atoms with Gasteiger partial charge >= 0.3 is 0 Å². The van der Waals surface area contributed by atoms with Gasteiger partial charge in [-0.3, -0.25) is 14.4 Å². The van der Waals surface area contributed by atoms with Crippen molar-refractivity contribution in [3.8, 4) is 23.0 Å². The van der Waals surface area contributed by atoms with Crippen LogP contribution in [-0.4, -0.2) is 46.4 Å². The number of fused-ring (bicyclic) bond motifs is 1. The van der Waals surface area contributed by atoms with Gasteiger partial charge in [0.15, 0.2) is 17.6 Å². The van der Waals surface area contributed by atoms with E-state index in [-0.39, 0.29) is 5.91 Å². The third kappa shape index (κ3) is 3.68. The fraction of sp³-hybridized carbons (Fsp3) is 0.259. The zero-order valence-electron chi connectivity index (χ0n) is 20.3. The number of nitrogens with zero attached hydrogens (tertiary/aromatic N) is 2. The second-order valence-electron chi connectivity index (χ2n) is 8.32. The van der Waals surface area contributed by atoms with Crippen molar-refractivity contribution in [3.63, 3.8) is 0 Å². The van der Waals surface area contributed by atoms with Crippen LogP contribution < -0.4 is 28.9 Å². The molecule has 186 valence electrons. The first kappa shape index (κ1) is 23.5. The summed E-state index contributed by atoms with van der Waals surface area (Å²) < 4.78 is 21.9. The summed E-state index contributed by atoms with van der Waals surface area (Å²) in [5.74, 6) is 0.422. The normalized spacial score (nSPS) is 20.9. The minimum Gasteiger partial charge on any atom is -0.497 e. The van der Waals surface area contributed by atoms with Crippen LogP contribution in [0.5, 0.6) is 23.0 Å². The number of rotatable bonds is 7. The van der Waals surface area contributed by atoms with Crippen LogP contribution in [0.1, 0.15) is 11.6 Å². The standard InChI is InChI=1S/C27H26N2O7/c1-32-18-12-10-16(11-13-18)28-26(30)23-24(19-14-21(34-3)22(35-4)15-20(19)33-2)29(36-25(23)27(28)31)17-8-6-5-7-9-17/h5-15,23-25H,1-4H3/t23-,24-,25+/m1/s1. The molecule has 2 amide bonds. The number of hydrogen-bond donors (Lipinski definition) is 0. The van der Waals surface area contributed by atoms with Gasteiger partial charge in [0.1, 0.15) is 23.5 Å². The van der Waals surface area contributed by atoms with Crippen molar-refractivity contribution in [3.05, 3.63) is 72.3 Å². The van der Waals surface area contributed by atoms with Gasteiger partial charge < -0.3 is 18.9 Å². The first-order chi connectivity index (χ1) is 17.5. The lowest BCUT2D eigenvalue weighted by Crippen LogP contribution is -2.37. The van der Waals surface area contributed by atoms with Crippen molar-refractivity contribution in [2.75, 3.05) is 38.4 Å². The van der Waals surface area contributed by atoms with E-state index in [1.807, 2.05) is 30.3 Å². The predicted octanol–water partition coefficient (Wildman–Crippen LogP) is 3.77. The minimum absolute atomic E-state index is 0.365. The molecule has 2 fully saturated rings. The van der Waals surface area contributed by atoms with E-state index in [0.29, 0.717) is 39.9 Å². The summed E-state index contributed by atoms with van der Waals surface area (Å²) in [7, 11) is 6.16. The molecule has 0 aromatic heterocycles. The van der Waals surface area contributed by atoms with Gasteiger partial charge in [0.25, 0.3) is 5.91 Å². The van der Waals surface area contributed by atoms with Crippen molar-refractivity contribution in [2.24, 2.45) is 5.92 Å². The molecule has 2 heterocycles. The first-order valence-corrected chi connectivity index (χ1v) is 11.3. The van der Waals surface area contributed by atoms with Gasteiger partial charge in [0.05, 0.1) is 39.8 Å². The van der Waals surface area contributed by atoms with E-state index in [0.717, 1.165) is 0 Å². The molecule has 9 heteroatoms. The number of hydrogen-bond acceptors (Lipinski definition) is 8. The van der Waals surface area contributed by atoms with Crippen LogP contribution in [0.3, 0.4) is 0 Å². The van der Waals surface area contributed by atoms with Gasteiger partial charge in [0.2, 0.25) is 5.91 Å². The largest absolute Gasteiger partial charge is 0.497 e. The quantitative estimate of drug-likeness (QED) is 0.463. The van der Waals surface area contributed by atoms with Gasteiger partial charge in [-0.15, -0.1) is 0 Å². The number of methoxy groups -OCH3 is 4. The van der Waals surface area contributed by atoms with Crippen molar-refractivity contribution in [2.45, 2.75) is 12.1 Å². The van der Waals surface area contributed by atoms with E-state index < -0.39 is 24.0 Å². The Balaban J connectivity index is 1.63.